The minimum atomic E-state index is -1.13. The maximum atomic E-state index is 13.1. The van der Waals surface area contributed by atoms with Crippen molar-refractivity contribution in [3.05, 3.63) is 41.5 Å². The Balaban J connectivity index is 2.19. The molecule has 4 N–H and O–H groups in total. The number of amides is 1. The predicted molar refractivity (Wildman–Crippen MR) is 63.0 cm³/mol. The lowest BCUT2D eigenvalue weighted by atomic mass is 10.1. The van der Waals surface area contributed by atoms with Gasteiger partial charge in [0.1, 0.15) is 12.2 Å². The number of benzene rings is 1. The van der Waals surface area contributed by atoms with E-state index in [1.165, 1.54) is 6.33 Å². The zero-order chi connectivity index (χ0) is 14.0. The molecule has 0 aliphatic carbocycles. The van der Waals surface area contributed by atoms with Gasteiger partial charge in [-0.05, 0) is 13.0 Å². The van der Waals surface area contributed by atoms with Crippen molar-refractivity contribution in [2.75, 3.05) is 5.73 Å². The first-order valence-electron chi connectivity index (χ1n) is 5.39. The van der Waals surface area contributed by atoms with E-state index in [9.17, 15) is 13.6 Å². The first kappa shape index (κ1) is 12.9. The first-order valence-corrected chi connectivity index (χ1v) is 5.39. The van der Waals surface area contributed by atoms with Gasteiger partial charge in [0.05, 0.1) is 11.6 Å². The molecule has 19 heavy (non-hydrogen) atoms. The van der Waals surface area contributed by atoms with Crippen LogP contribution in [0.3, 0.4) is 0 Å². The summed E-state index contributed by atoms with van der Waals surface area (Å²) < 4.78 is 26.0. The number of halogens is 2. The summed E-state index contributed by atoms with van der Waals surface area (Å²) in [6.45, 7) is 1.66. The molecule has 0 aliphatic heterocycles. The van der Waals surface area contributed by atoms with Crippen LogP contribution < -0.4 is 11.1 Å². The molecule has 1 aromatic carbocycles. The van der Waals surface area contributed by atoms with Gasteiger partial charge in [0.25, 0.3) is 5.91 Å². The third kappa shape index (κ3) is 2.67. The van der Waals surface area contributed by atoms with Crippen LogP contribution in [-0.4, -0.2) is 21.1 Å². The second-order valence-electron chi connectivity index (χ2n) is 3.92. The molecular weight excluding hydrogens is 256 g/mol. The van der Waals surface area contributed by atoms with Gasteiger partial charge in [-0.3, -0.25) is 9.89 Å². The van der Waals surface area contributed by atoms with Gasteiger partial charge in [-0.2, -0.15) is 5.10 Å². The highest BCUT2D eigenvalue weighted by Crippen LogP contribution is 2.18. The van der Waals surface area contributed by atoms with Crippen LogP contribution in [-0.2, 0) is 0 Å². The number of rotatable bonds is 3. The van der Waals surface area contributed by atoms with E-state index in [1.54, 1.807) is 6.92 Å². The predicted octanol–water partition coefficient (Wildman–Crippen LogP) is 1.16. The van der Waals surface area contributed by atoms with Crippen LogP contribution in [0.15, 0.2) is 18.5 Å². The van der Waals surface area contributed by atoms with Gasteiger partial charge in [-0.15, -0.1) is 0 Å². The maximum Gasteiger partial charge on any atom is 0.254 e. The van der Waals surface area contributed by atoms with Crippen LogP contribution in [0, 0.1) is 11.6 Å². The largest absolute Gasteiger partial charge is 0.398 e. The van der Waals surface area contributed by atoms with Crippen LogP contribution in [0.2, 0.25) is 0 Å². The molecule has 0 bridgehead atoms. The molecule has 2 aromatic rings. The molecule has 0 saturated heterocycles. The van der Waals surface area contributed by atoms with Gasteiger partial charge in [-0.25, -0.2) is 13.8 Å². The van der Waals surface area contributed by atoms with E-state index in [1.807, 2.05) is 0 Å². The topological polar surface area (TPSA) is 96.7 Å². The number of nitrogens with zero attached hydrogens (tertiary/aromatic N) is 2. The van der Waals surface area contributed by atoms with E-state index < -0.39 is 23.6 Å². The summed E-state index contributed by atoms with van der Waals surface area (Å²) in [5, 5.41) is 8.78. The van der Waals surface area contributed by atoms with E-state index >= 15 is 0 Å². The van der Waals surface area contributed by atoms with Gasteiger partial charge < -0.3 is 11.1 Å². The molecule has 0 spiro atoms. The number of hydrogen-bond acceptors (Lipinski definition) is 4. The van der Waals surface area contributed by atoms with Crippen molar-refractivity contribution in [2.24, 2.45) is 0 Å². The number of nitrogen functional groups attached to an aromatic ring is 1. The fourth-order valence-electron chi connectivity index (χ4n) is 1.53. The van der Waals surface area contributed by atoms with Crippen molar-refractivity contribution in [1.82, 2.24) is 20.5 Å². The number of anilines is 1. The van der Waals surface area contributed by atoms with E-state index in [0.717, 1.165) is 12.1 Å². The van der Waals surface area contributed by atoms with E-state index in [2.05, 4.69) is 20.5 Å². The summed E-state index contributed by atoms with van der Waals surface area (Å²) in [7, 11) is 0. The van der Waals surface area contributed by atoms with Gasteiger partial charge in [0.15, 0.2) is 11.6 Å². The summed E-state index contributed by atoms with van der Waals surface area (Å²) >= 11 is 0. The summed E-state index contributed by atoms with van der Waals surface area (Å²) in [6.07, 6.45) is 1.30. The molecule has 8 heteroatoms. The van der Waals surface area contributed by atoms with Gasteiger partial charge in [-0.1, -0.05) is 0 Å². The lowest BCUT2D eigenvalue weighted by Crippen LogP contribution is -2.28. The number of carbonyl (C=O) groups is 1. The molecule has 0 saturated carbocycles. The van der Waals surface area contributed by atoms with Crippen LogP contribution >= 0.6 is 0 Å². The Kier molecular flexibility index (Phi) is 3.41. The van der Waals surface area contributed by atoms with Crippen LogP contribution in [0.4, 0.5) is 14.5 Å². The summed E-state index contributed by atoms with van der Waals surface area (Å²) in [5.41, 5.74) is 5.21. The average Bonchev–Trinajstić information content (AvgIpc) is 2.87. The molecule has 100 valence electrons. The SMILES string of the molecule is CC(NC(=O)c1cc(F)c(F)cc1N)c1ncn[nH]1. The number of nitrogens with one attached hydrogen (secondary N) is 2. The normalized spacial score (nSPS) is 12.2. The summed E-state index contributed by atoms with van der Waals surface area (Å²) in [4.78, 5) is 15.8. The lowest BCUT2D eigenvalue weighted by molar-refractivity contribution is 0.0938. The molecule has 1 amide bonds. The molecule has 1 heterocycles. The van der Waals surface area contributed by atoms with Crippen LogP contribution in [0.1, 0.15) is 29.1 Å². The van der Waals surface area contributed by atoms with E-state index in [-0.39, 0.29) is 11.3 Å². The third-order valence-electron chi connectivity index (χ3n) is 2.53. The Morgan fingerprint density at radius 1 is 1.42 bits per heavy atom. The van der Waals surface area contributed by atoms with Gasteiger partial charge in [0.2, 0.25) is 0 Å². The average molecular weight is 267 g/mol. The Bertz CT molecular complexity index is 599. The van der Waals surface area contributed by atoms with Crippen molar-refractivity contribution in [3.8, 4) is 0 Å². The van der Waals surface area contributed by atoms with Crippen molar-refractivity contribution in [1.29, 1.82) is 0 Å². The number of H-pyrrole nitrogens is 1. The number of aromatic nitrogens is 3. The van der Waals surface area contributed by atoms with Crippen LogP contribution in [0.25, 0.3) is 0 Å². The Hall–Kier alpha value is -2.51. The fourth-order valence-corrected chi connectivity index (χ4v) is 1.53. The highest BCUT2D eigenvalue weighted by molar-refractivity contribution is 5.99. The first-order chi connectivity index (χ1) is 8.99. The molecule has 6 nitrogen and oxygen atoms in total. The Morgan fingerprint density at radius 2 is 2.11 bits per heavy atom. The zero-order valence-corrected chi connectivity index (χ0v) is 9.95. The second kappa shape index (κ2) is 5.01. The van der Waals surface area contributed by atoms with Crippen molar-refractivity contribution >= 4 is 11.6 Å². The molecule has 0 radical (unpaired) electrons. The quantitative estimate of drug-likeness (QED) is 0.727. The smallest absolute Gasteiger partial charge is 0.254 e. The highest BCUT2D eigenvalue weighted by atomic mass is 19.2. The summed E-state index contributed by atoms with van der Waals surface area (Å²) in [5.74, 6) is -2.42. The third-order valence-corrected chi connectivity index (χ3v) is 2.53. The van der Waals surface area contributed by atoms with Crippen molar-refractivity contribution in [3.63, 3.8) is 0 Å². The molecule has 1 aromatic heterocycles. The van der Waals surface area contributed by atoms with E-state index in [0.29, 0.717) is 5.82 Å². The summed E-state index contributed by atoms with van der Waals surface area (Å²) in [6, 6.07) is 1.05. The number of aromatic amines is 1. The van der Waals surface area contributed by atoms with Gasteiger partial charge in [0, 0.05) is 11.8 Å². The Morgan fingerprint density at radius 3 is 2.74 bits per heavy atom. The monoisotopic (exact) mass is 267 g/mol. The Labute approximate surface area is 107 Å². The standard InChI is InChI=1S/C11H11F2N5O/c1-5(10-15-4-16-18-10)17-11(19)6-2-7(12)8(13)3-9(6)14/h2-5H,14H2,1H3,(H,17,19)(H,15,16,18). The molecule has 1 atom stereocenters. The van der Waals surface area contributed by atoms with Crippen molar-refractivity contribution < 1.29 is 13.6 Å². The van der Waals surface area contributed by atoms with Crippen LogP contribution in [0.5, 0.6) is 0 Å². The maximum absolute atomic E-state index is 13.1. The lowest BCUT2D eigenvalue weighted by Gasteiger charge is -2.12. The highest BCUT2D eigenvalue weighted by Gasteiger charge is 2.17. The number of nitrogens with two attached hydrogens (primary N) is 1. The number of carbonyl (C=O) groups excluding carboxylic acids is 1. The minimum Gasteiger partial charge on any atom is -0.398 e. The molecule has 0 aliphatic rings. The van der Waals surface area contributed by atoms with Crippen molar-refractivity contribution in [2.45, 2.75) is 13.0 Å². The second-order valence-corrected chi connectivity index (χ2v) is 3.92. The van der Waals surface area contributed by atoms with E-state index in [4.69, 9.17) is 5.73 Å². The molecule has 0 fully saturated rings. The van der Waals surface area contributed by atoms with Gasteiger partial charge >= 0.3 is 0 Å². The molecule has 1 unspecified atom stereocenters. The fraction of sp³-hybridized carbons (Fsp3) is 0.182. The minimum absolute atomic E-state index is 0.134. The molecular formula is C11H11F2N5O. The zero-order valence-electron chi connectivity index (χ0n) is 9.95. The molecule has 2 rings (SSSR count). The number of hydrogen-bond donors (Lipinski definition) is 3.